The summed E-state index contributed by atoms with van der Waals surface area (Å²) in [7, 11) is 0. The van der Waals surface area contributed by atoms with E-state index in [2.05, 4.69) is 17.1 Å². The number of benzene rings is 1. The molecule has 0 bridgehead atoms. The van der Waals surface area contributed by atoms with Crippen LogP contribution in [-0.2, 0) is 0 Å². The molecule has 1 saturated heterocycles. The van der Waals surface area contributed by atoms with Gasteiger partial charge in [-0.15, -0.1) is 0 Å². The van der Waals surface area contributed by atoms with Gasteiger partial charge in [0.05, 0.1) is 6.04 Å². The van der Waals surface area contributed by atoms with Crippen LogP contribution in [0.1, 0.15) is 50.9 Å². The van der Waals surface area contributed by atoms with Crippen molar-refractivity contribution in [3.63, 3.8) is 0 Å². The van der Waals surface area contributed by atoms with Crippen LogP contribution >= 0.6 is 0 Å². The number of carbonyl (C=O) groups excluding carboxylic acids is 1. The molecule has 118 valence electrons. The molecule has 1 aliphatic rings. The number of pyridine rings is 1. The Hall–Kier alpha value is -2.69. The molecule has 0 saturated carbocycles. The summed E-state index contributed by atoms with van der Waals surface area (Å²) < 4.78 is 0. The number of aromatic carboxylic acids is 1. The Labute approximate surface area is 134 Å². The van der Waals surface area contributed by atoms with E-state index in [4.69, 9.17) is 5.11 Å². The summed E-state index contributed by atoms with van der Waals surface area (Å²) >= 11 is 0. The van der Waals surface area contributed by atoms with E-state index in [1.807, 2.05) is 24.0 Å². The van der Waals surface area contributed by atoms with E-state index < -0.39 is 5.97 Å². The number of nitrogens with zero attached hydrogens (tertiary/aromatic N) is 2. The molecular formula is C18H18N2O3. The number of carbonyl (C=O) groups is 2. The van der Waals surface area contributed by atoms with Crippen molar-refractivity contribution in [2.24, 2.45) is 0 Å². The second-order valence-corrected chi connectivity index (χ2v) is 5.80. The van der Waals surface area contributed by atoms with Gasteiger partial charge in [0.15, 0.2) is 0 Å². The number of rotatable bonds is 3. The third-order valence-electron chi connectivity index (χ3n) is 4.20. The number of carboxylic acids is 1. The molecule has 1 amide bonds. The van der Waals surface area contributed by atoms with Crippen molar-refractivity contribution in [2.45, 2.75) is 25.8 Å². The van der Waals surface area contributed by atoms with E-state index >= 15 is 0 Å². The van der Waals surface area contributed by atoms with Gasteiger partial charge in [-0.3, -0.25) is 4.79 Å². The minimum Gasteiger partial charge on any atom is -0.477 e. The monoisotopic (exact) mass is 310 g/mol. The Balaban J connectivity index is 1.87. The van der Waals surface area contributed by atoms with Crippen LogP contribution in [-0.4, -0.2) is 33.4 Å². The van der Waals surface area contributed by atoms with Gasteiger partial charge in [0.25, 0.3) is 5.91 Å². The van der Waals surface area contributed by atoms with Gasteiger partial charge in [0.2, 0.25) is 0 Å². The van der Waals surface area contributed by atoms with E-state index in [9.17, 15) is 9.59 Å². The van der Waals surface area contributed by atoms with Crippen LogP contribution in [0, 0.1) is 6.92 Å². The predicted octanol–water partition coefficient (Wildman–Crippen LogP) is 3.07. The van der Waals surface area contributed by atoms with Crippen molar-refractivity contribution in [1.82, 2.24) is 9.88 Å². The van der Waals surface area contributed by atoms with Crippen LogP contribution in [0.5, 0.6) is 0 Å². The first kappa shape index (κ1) is 15.2. The lowest BCUT2D eigenvalue weighted by Gasteiger charge is -2.25. The van der Waals surface area contributed by atoms with Gasteiger partial charge < -0.3 is 10.0 Å². The SMILES string of the molecule is Cc1ccc(C2CCCN2C(=O)c2ccnc(C(=O)O)c2)cc1. The molecule has 2 aromatic rings. The number of amides is 1. The van der Waals surface area contributed by atoms with Crippen molar-refractivity contribution in [1.29, 1.82) is 0 Å². The van der Waals surface area contributed by atoms with E-state index in [-0.39, 0.29) is 17.6 Å². The number of aryl methyl sites for hydroxylation is 1. The Bertz CT molecular complexity index is 740. The Morgan fingerprint density at radius 3 is 2.65 bits per heavy atom. The molecule has 1 fully saturated rings. The second kappa shape index (κ2) is 6.20. The third-order valence-corrected chi connectivity index (χ3v) is 4.20. The summed E-state index contributed by atoms with van der Waals surface area (Å²) in [4.78, 5) is 29.4. The molecule has 0 spiro atoms. The molecule has 3 rings (SSSR count). The van der Waals surface area contributed by atoms with Crippen molar-refractivity contribution < 1.29 is 14.7 Å². The van der Waals surface area contributed by atoms with Crippen molar-refractivity contribution in [3.8, 4) is 0 Å². The molecule has 0 aliphatic carbocycles. The third kappa shape index (κ3) is 3.08. The summed E-state index contributed by atoms with van der Waals surface area (Å²) in [5, 5.41) is 9.02. The zero-order chi connectivity index (χ0) is 16.4. The fourth-order valence-corrected chi connectivity index (χ4v) is 2.99. The number of aromatic nitrogens is 1. The predicted molar refractivity (Wildman–Crippen MR) is 85.4 cm³/mol. The molecule has 1 aromatic carbocycles. The van der Waals surface area contributed by atoms with Crippen LogP contribution in [0.2, 0.25) is 0 Å². The average Bonchev–Trinajstić information content (AvgIpc) is 3.04. The van der Waals surface area contributed by atoms with E-state index in [0.717, 1.165) is 18.4 Å². The highest BCUT2D eigenvalue weighted by Gasteiger charge is 2.30. The zero-order valence-corrected chi connectivity index (χ0v) is 12.9. The molecule has 5 nitrogen and oxygen atoms in total. The van der Waals surface area contributed by atoms with Crippen LogP contribution in [0.15, 0.2) is 42.6 Å². The molecule has 5 heteroatoms. The number of carboxylic acid groups (broad SMARTS) is 1. The largest absolute Gasteiger partial charge is 0.477 e. The zero-order valence-electron chi connectivity index (χ0n) is 12.9. The molecule has 1 aliphatic heterocycles. The Morgan fingerprint density at radius 2 is 1.96 bits per heavy atom. The van der Waals surface area contributed by atoms with Gasteiger partial charge in [-0.2, -0.15) is 0 Å². The first-order valence-corrected chi connectivity index (χ1v) is 7.63. The summed E-state index contributed by atoms with van der Waals surface area (Å²) in [5.74, 6) is -1.27. The highest BCUT2D eigenvalue weighted by atomic mass is 16.4. The maximum absolute atomic E-state index is 12.8. The standard InChI is InChI=1S/C18H18N2O3/c1-12-4-6-13(7-5-12)16-3-2-10-20(16)17(21)14-8-9-19-15(11-14)18(22)23/h4-9,11,16H,2-3,10H2,1H3,(H,22,23). The number of likely N-dealkylation sites (tertiary alicyclic amines) is 1. The lowest BCUT2D eigenvalue weighted by atomic mass is 10.0. The summed E-state index contributed by atoms with van der Waals surface area (Å²) in [6, 6.07) is 11.2. The van der Waals surface area contributed by atoms with Gasteiger partial charge in [-0.1, -0.05) is 29.8 Å². The molecule has 1 N–H and O–H groups in total. The topological polar surface area (TPSA) is 70.5 Å². The minimum atomic E-state index is -1.13. The van der Waals surface area contributed by atoms with E-state index in [1.165, 1.54) is 17.8 Å². The molecule has 1 atom stereocenters. The van der Waals surface area contributed by atoms with E-state index in [1.54, 1.807) is 6.07 Å². The Morgan fingerprint density at radius 1 is 1.22 bits per heavy atom. The molecule has 2 heterocycles. The first-order chi connectivity index (χ1) is 11.1. The Kier molecular flexibility index (Phi) is 4.10. The van der Waals surface area contributed by atoms with Crippen LogP contribution in [0.3, 0.4) is 0 Å². The van der Waals surface area contributed by atoms with Gasteiger partial charge in [0.1, 0.15) is 5.69 Å². The van der Waals surface area contributed by atoms with Gasteiger partial charge in [-0.25, -0.2) is 9.78 Å². The minimum absolute atomic E-state index is 0.0459. The maximum Gasteiger partial charge on any atom is 0.354 e. The van der Waals surface area contributed by atoms with Crippen LogP contribution < -0.4 is 0 Å². The van der Waals surface area contributed by atoms with Crippen molar-refractivity contribution in [2.75, 3.05) is 6.54 Å². The van der Waals surface area contributed by atoms with Crippen molar-refractivity contribution in [3.05, 3.63) is 65.0 Å². The first-order valence-electron chi connectivity index (χ1n) is 7.63. The maximum atomic E-state index is 12.8. The lowest BCUT2D eigenvalue weighted by molar-refractivity contribution is 0.0690. The molecule has 1 unspecified atom stereocenters. The second-order valence-electron chi connectivity index (χ2n) is 5.80. The van der Waals surface area contributed by atoms with Crippen LogP contribution in [0.4, 0.5) is 0 Å². The van der Waals surface area contributed by atoms with Gasteiger partial charge in [0, 0.05) is 18.3 Å². The lowest BCUT2D eigenvalue weighted by Crippen LogP contribution is -2.30. The molecule has 23 heavy (non-hydrogen) atoms. The van der Waals surface area contributed by atoms with Gasteiger partial charge >= 0.3 is 5.97 Å². The smallest absolute Gasteiger partial charge is 0.354 e. The normalized spacial score (nSPS) is 17.3. The van der Waals surface area contributed by atoms with Crippen LogP contribution in [0.25, 0.3) is 0 Å². The molecule has 0 radical (unpaired) electrons. The summed E-state index contributed by atoms with van der Waals surface area (Å²) in [6.07, 6.45) is 3.24. The highest BCUT2D eigenvalue weighted by Crippen LogP contribution is 2.33. The highest BCUT2D eigenvalue weighted by molar-refractivity contribution is 5.97. The number of hydrogen-bond acceptors (Lipinski definition) is 3. The van der Waals surface area contributed by atoms with Gasteiger partial charge in [-0.05, 0) is 37.5 Å². The average molecular weight is 310 g/mol. The fraction of sp³-hybridized carbons (Fsp3) is 0.278. The van der Waals surface area contributed by atoms with Crippen molar-refractivity contribution >= 4 is 11.9 Å². The molecule has 1 aromatic heterocycles. The number of hydrogen-bond donors (Lipinski definition) is 1. The molecular weight excluding hydrogens is 292 g/mol. The fourth-order valence-electron chi connectivity index (χ4n) is 2.99. The quantitative estimate of drug-likeness (QED) is 0.946. The summed E-state index contributed by atoms with van der Waals surface area (Å²) in [5.41, 5.74) is 2.57. The van der Waals surface area contributed by atoms with E-state index in [0.29, 0.717) is 12.1 Å². The summed E-state index contributed by atoms with van der Waals surface area (Å²) in [6.45, 7) is 2.72.